The van der Waals surface area contributed by atoms with Crippen molar-refractivity contribution in [3.8, 4) is 22.3 Å². The number of carbonyl (C=O) groups is 4. The third-order valence-corrected chi connectivity index (χ3v) is 12.8. The maximum atomic E-state index is 13.9. The molecule has 2 aliphatic heterocycles. The van der Waals surface area contributed by atoms with Crippen LogP contribution in [0.4, 0.5) is 24.5 Å². The van der Waals surface area contributed by atoms with Crippen molar-refractivity contribution in [2.45, 2.75) is 90.8 Å². The van der Waals surface area contributed by atoms with Crippen molar-refractivity contribution in [1.82, 2.24) is 20.5 Å². The van der Waals surface area contributed by atoms with Crippen LogP contribution in [0.15, 0.2) is 72.2 Å². The Bertz CT molecular complexity index is 2520. The fourth-order valence-electron chi connectivity index (χ4n) is 7.87. The minimum atomic E-state index is -4.81. The lowest BCUT2D eigenvalue weighted by atomic mass is 9.85. The number of likely N-dealkylation sites (tertiary alicyclic amines) is 1. The van der Waals surface area contributed by atoms with Gasteiger partial charge < -0.3 is 39.8 Å². The number of thiocarbonyl (C=S) groups is 1. The van der Waals surface area contributed by atoms with E-state index in [0.29, 0.717) is 31.1 Å². The van der Waals surface area contributed by atoms with Crippen LogP contribution in [0.1, 0.15) is 69.8 Å². The van der Waals surface area contributed by atoms with E-state index in [2.05, 4.69) is 15.6 Å². The molecule has 6 rings (SSSR count). The number of carbonyl (C=O) groups excluding carboxylic acids is 4. The van der Waals surface area contributed by atoms with E-state index in [0.717, 1.165) is 38.7 Å². The normalized spacial score (nSPS) is 17.6. The lowest BCUT2D eigenvalue weighted by Gasteiger charge is -2.35. The van der Waals surface area contributed by atoms with Gasteiger partial charge in [0.1, 0.15) is 30.0 Å². The van der Waals surface area contributed by atoms with Gasteiger partial charge in [-0.15, -0.1) is 11.3 Å². The lowest BCUT2D eigenvalue weighted by molar-refractivity contribution is -0.144. The number of nitrogens with one attached hydrogen (secondary N) is 2. The minimum Gasteiger partial charge on any atom is -0.494 e. The van der Waals surface area contributed by atoms with Gasteiger partial charge in [-0.05, 0) is 92.0 Å². The predicted molar refractivity (Wildman–Crippen MR) is 253 cm³/mol. The number of alkyl halides is 3. The van der Waals surface area contributed by atoms with Crippen LogP contribution in [0.2, 0.25) is 0 Å². The molecule has 2 saturated heterocycles. The van der Waals surface area contributed by atoms with Crippen LogP contribution >= 0.6 is 23.6 Å². The summed E-state index contributed by atoms with van der Waals surface area (Å²) in [6, 6.07) is 17.2. The molecule has 1 aromatic heterocycles. The molecule has 3 heterocycles. The summed E-state index contributed by atoms with van der Waals surface area (Å²) >= 11 is 7.17. The Balaban J connectivity index is 0.902. The average molecular weight is 978 g/mol. The van der Waals surface area contributed by atoms with Gasteiger partial charge in [0.15, 0.2) is 5.11 Å². The van der Waals surface area contributed by atoms with Crippen LogP contribution in [0.5, 0.6) is 5.75 Å². The number of rotatable bonds is 18. The Morgan fingerprint density at radius 3 is 2.31 bits per heavy atom. The molecular formula is C48H54F3N7O8S2. The van der Waals surface area contributed by atoms with E-state index in [4.69, 9.17) is 26.4 Å². The van der Waals surface area contributed by atoms with Gasteiger partial charge in [0.05, 0.1) is 64.9 Å². The van der Waals surface area contributed by atoms with Crippen LogP contribution in [0.25, 0.3) is 10.4 Å². The van der Waals surface area contributed by atoms with Gasteiger partial charge in [-0.25, -0.2) is 4.98 Å². The van der Waals surface area contributed by atoms with Gasteiger partial charge >= 0.3 is 6.18 Å². The summed E-state index contributed by atoms with van der Waals surface area (Å²) in [5, 5.41) is 25.4. The first-order chi connectivity index (χ1) is 32.1. The number of halogens is 3. The molecule has 3 aromatic carbocycles. The van der Waals surface area contributed by atoms with Crippen LogP contribution in [-0.4, -0.2) is 107 Å². The smallest absolute Gasteiger partial charge is 0.417 e. The number of aromatic nitrogens is 1. The quantitative estimate of drug-likeness (QED) is 0.0724. The monoisotopic (exact) mass is 977 g/mol. The predicted octanol–water partition coefficient (Wildman–Crippen LogP) is 6.54. The van der Waals surface area contributed by atoms with Crippen molar-refractivity contribution >= 4 is 63.7 Å². The molecule has 15 nitrogen and oxygen atoms in total. The number of nitrogens with zero attached hydrogens (tertiary/aromatic N) is 5. The number of anilines is 2. The first-order valence-corrected chi connectivity index (χ1v) is 23.1. The first-order valence-electron chi connectivity index (χ1n) is 21.8. The minimum absolute atomic E-state index is 0.0230. The van der Waals surface area contributed by atoms with Gasteiger partial charge in [-0.3, -0.25) is 24.1 Å². The molecule has 68 heavy (non-hydrogen) atoms. The molecular weight excluding hydrogens is 924 g/mol. The van der Waals surface area contributed by atoms with E-state index in [9.17, 15) is 42.7 Å². The van der Waals surface area contributed by atoms with Gasteiger partial charge in [0.2, 0.25) is 17.7 Å². The van der Waals surface area contributed by atoms with Crippen molar-refractivity contribution in [3.05, 3.63) is 94.6 Å². The van der Waals surface area contributed by atoms with Crippen molar-refractivity contribution in [1.29, 1.82) is 5.26 Å². The number of thiazole rings is 1. The van der Waals surface area contributed by atoms with Gasteiger partial charge in [-0.1, -0.05) is 45.0 Å². The molecule has 0 saturated carbocycles. The van der Waals surface area contributed by atoms with Crippen molar-refractivity contribution < 1.29 is 51.7 Å². The number of aliphatic hydroxyl groups excluding tert-OH is 1. The fourth-order valence-corrected chi connectivity index (χ4v) is 9.20. The van der Waals surface area contributed by atoms with E-state index in [1.54, 1.807) is 80.6 Å². The zero-order valence-corrected chi connectivity index (χ0v) is 40.1. The van der Waals surface area contributed by atoms with Crippen molar-refractivity contribution in [3.63, 3.8) is 0 Å². The lowest BCUT2D eigenvalue weighted by Crippen LogP contribution is -2.58. The molecule has 2 aliphatic rings. The Kier molecular flexibility index (Phi) is 16.3. The maximum Gasteiger partial charge on any atom is 0.417 e. The molecule has 1 unspecified atom stereocenters. The Hall–Kier alpha value is -5.98. The second-order valence-electron chi connectivity index (χ2n) is 18.0. The van der Waals surface area contributed by atoms with E-state index < -0.39 is 70.1 Å². The molecule has 0 aliphatic carbocycles. The number of β-amino-alcohol motifs (C(OH)–C–C–N with tert-alkyl or cyclic N) is 1. The summed E-state index contributed by atoms with van der Waals surface area (Å²) in [5.41, 5.74) is 1.34. The number of hydrogen-bond acceptors (Lipinski definition) is 12. The fraction of sp³-hybridized carbons (Fsp3) is 0.438. The van der Waals surface area contributed by atoms with E-state index in [1.807, 2.05) is 31.2 Å². The van der Waals surface area contributed by atoms with Crippen LogP contribution in [0.3, 0.4) is 0 Å². The third-order valence-electron chi connectivity index (χ3n) is 11.5. The number of ether oxygens (including phenoxy) is 3. The number of amides is 4. The molecule has 0 radical (unpaired) electrons. The van der Waals surface area contributed by atoms with E-state index in [-0.39, 0.29) is 50.1 Å². The van der Waals surface area contributed by atoms with Gasteiger partial charge in [0, 0.05) is 38.2 Å². The van der Waals surface area contributed by atoms with Crippen LogP contribution in [-0.2, 0) is 41.4 Å². The number of hydrogen-bond donors (Lipinski definition) is 3. The highest BCUT2D eigenvalue weighted by molar-refractivity contribution is 7.81. The maximum absolute atomic E-state index is 13.9. The highest BCUT2D eigenvalue weighted by Gasteiger charge is 2.51. The molecule has 3 atom stereocenters. The van der Waals surface area contributed by atoms with Gasteiger partial charge in [0.25, 0.3) is 5.91 Å². The topological polar surface area (TPSA) is 187 Å². The Labute approximate surface area is 402 Å². The number of benzene rings is 3. The standard InChI is InChI=1S/C48H54F3N7O8S2/c1-29-40(68-28-54-29)31-10-8-30(9-11-31)25-53-42(61)38-23-35(59)26-56(38)43(62)41(46(2,3)4)55-39(60)27-65-21-20-64-18-7-19-66-36-16-14-33(15-17-36)58-45(67)57(44(63)47(58,5)6)34-13-12-32(24-52)37(22-34)48(49,50)51/h8-17,22,28,35,38,41,59H,7,18-21,23,25-27H2,1-6H3,(H,53,61)(H,55,60)/t35-,38+,41?/m1/s1. The zero-order chi connectivity index (χ0) is 49.6. The number of aryl methyl sites for hydroxylation is 1. The van der Waals surface area contributed by atoms with Crippen molar-refractivity contribution in [2.75, 3.05) is 49.4 Å². The summed E-state index contributed by atoms with van der Waals surface area (Å²) in [4.78, 5) is 63.2. The molecule has 3 N–H and O–H groups in total. The average Bonchev–Trinajstić information content (AvgIpc) is 3.95. The Morgan fingerprint density at radius 2 is 1.68 bits per heavy atom. The van der Waals surface area contributed by atoms with E-state index >= 15 is 0 Å². The first kappa shape index (κ1) is 51.4. The second kappa shape index (κ2) is 21.5. The molecule has 0 bridgehead atoms. The summed E-state index contributed by atoms with van der Waals surface area (Å²) in [7, 11) is 0. The molecule has 20 heteroatoms. The number of aliphatic hydroxyl groups is 1. The summed E-state index contributed by atoms with van der Waals surface area (Å²) in [6.45, 7) is 11.3. The third kappa shape index (κ3) is 12.0. The second-order valence-corrected chi connectivity index (χ2v) is 19.2. The van der Waals surface area contributed by atoms with E-state index in [1.165, 1.54) is 17.0 Å². The molecule has 4 aromatic rings. The van der Waals surface area contributed by atoms with Crippen LogP contribution < -0.4 is 25.2 Å². The highest BCUT2D eigenvalue weighted by Crippen LogP contribution is 2.40. The molecule has 2 fully saturated rings. The Morgan fingerprint density at radius 1 is 1.00 bits per heavy atom. The summed E-state index contributed by atoms with van der Waals surface area (Å²) in [6.07, 6.45) is -5.13. The summed E-state index contributed by atoms with van der Waals surface area (Å²) in [5.74, 6) is -1.43. The highest BCUT2D eigenvalue weighted by atomic mass is 32.1. The largest absolute Gasteiger partial charge is 0.494 e. The van der Waals surface area contributed by atoms with Gasteiger partial charge in [-0.2, -0.15) is 18.4 Å². The van der Waals surface area contributed by atoms with Crippen molar-refractivity contribution in [2.24, 2.45) is 5.41 Å². The SMILES string of the molecule is Cc1ncsc1-c1ccc(CNC(=O)[C@@H]2C[C@@H](O)CN2C(=O)C(NC(=O)COCCOCCCOc2ccc(N3C(=S)N(c4ccc(C#N)c(C(F)(F)F)c4)C(=O)C3(C)C)cc2)C(C)(C)C)cc1. The molecule has 362 valence electrons. The molecule has 0 spiro atoms. The molecule has 4 amide bonds. The number of nitriles is 1. The zero-order valence-electron chi connectivity index (χ0n) is 38.5. The summed E-state index contributed by atoms with van der Waals surface area (Å²) < 4.78 is 58.1. The van der Waals surface area contributed by atoms with Crippen LogP contribution in [0, 0.1) is 23.7 Å².